The van der Waals surface area contributed by atoms with Crippen LogP contribution in [0.2, 0.25) is 0 Å². The van der Waals surface area contributed by atoms with Crippen molar-refractivity contribution < 1.29 is 9.53 Å². The fourth-order valence-electron chi connectivity index (χ4n) is 2.06. The number of aromatic nitrogens is 1. The number of amides is 1. The van der Waals surface area contributed by atoms with Crippen molar-refractivity contribution in [1.29, 1.82) is 0 Å². The summed E-state index contributed by atoms with van der Waals surface area (Å²) in [5.41, 5.74) is 0.674. The van der Waals surface area contributed by atoms with Crippen molar-refractivity contribution in [3.05, 3.63) is 22.4 Å². The molecule has 6 heteroatoms. The number of hydrogen-bond donors (Lipinski definition) is 1. The second-order valence-electron chi connectivity index (χ2n) is 4.54. The zero-order valence-electron chi connectivity index (χ0n) is 10.6. The van der Waals surface area contributed by atoms with Crippen molar-refractivity contribution in [2.45, 2.75) is 6.10 Å². The average Bonchev–Trinajstić information content (AvgIpc) is 2.68. The zero-order chi connectivity index (χ0) is 13.1. The van der Waals surface area contributed by atoms with E-state index in [0.29, 0.717) is 18.8 Å². The van der Waals surface area contributed by atoms with Crippen LogP contribution in [0.15, 0.2) is 16.7 Å². The van der Waals surface area contributed by atoms with Crippen molar-refractivity contribution in [2.75, 3.05) is 33.3 Å². The molecule has 0 aliphatic carbocycles. The SMILES string of the molecule is CN(CC1CNCCO1)C(=O)c1cc(Br)cn1C. The van der Waals surface area contributed by atoms with Gasteiger partial charge in [0.2, 0.25) is 0 Å². The van der Waals surface area contributed by atoms with E-state index in [1.165, 1.54) is 0 Å². The van der Waals surface area contributed by atoms with Gasteiger partial charge in [-0.25, -0.2) is 0 Å². The largest absolute Gasteiger partial charge is 0.374 e. The standard InChI is InChI=1S/C12H18BrN3O2/c1-15-7-9(13)5-11(15)12(17)16(2)8-10-6-14-3-4-18-10/h5,7,10,14H,3-4,6,8H2,1-2H3. The summed E-state index contributed by atoms with van der Waals surface area (Å²) >= 11 is 3.37. The average molecular weight is 316 g/mol. The van der Waals surface area contributed by atoms with Crippen LogP contribution in [0.5, 0.6) is 0 Å². The van der Waals surface area contributed by atoms with Crippen molar-refractivity contribution in [2.24, 2.45) is 7.05 Å². The molecule has 2 rings (SSSR count). The van der Waals surface area contributed by atoms with E-state index in [1.54, 1.807) is 11.9 Å². The molecular formula is C12H18BrN3O2. The highest BCUT2D eigenvalue weighted by Gasteiger charge is 2.21. The van der Waals surface area contributed by atoms with Crippen molar-refractivity contribution in [3.8, 4) is 0 Å². The summed E-state index contributed by atoms with van der Waals surface area (Å²) in [6, 6.07) is 1.83. The van der Waals surface area contributed by atoms with Crippen molar-refractivity contribution >= 4 is 21.8 Å². The lowest BCUT2D eigenvalue weighted by Crippen LogP contribution is -2.45. The molecule has 100 valence electrons. The van der Waals surface area contributed by atoms with Crippen LogP contribution < -0.4 is 5.32 Å². The second kappa shape index (κ2) is 5.86. The van der Waals surface area contributed by atoms with Gasteiger partial charge in [-0.05, 0) is 22.0 Å². The summed E-state index contributed by atoms with van der Waals surface area (Å²) in [6.45, 7) is 3.00. The molecule has 1 atom stereocenters. The third-order valence-corrected chi connectivity index (χ3v) is 3.45. The maximum atomic E-state index is 12.3. The van der Waals surface area contributed by atoms with Gasteiger partial charge in [0.1, 0.15) is 5.69 Å². The Hall–Kier alpha value is -0.850. The Labute approximate surface area is 115 Å². The fourth-order valence-corrected chi connectivity index (χ4v) is 2.58. The minimum absolute atomic E-state index is 0.0115. The lowest BCUT2D eigenvalue weighted by atomic mass is 10.2. The summed E-state index contributed by atoms with van der Waals surface area (Å²) < 4.78 is 8.33. The highest BCUT2D eigenvalue weighted by molar-refractivity contribution is 9.10. The molecule has 1 aromatic heterocycles. The van der Waals surface area contributed by atoms with Gasteiger partial charge in [0.15, 0.2) is 0 Å². The van der Waals surface area contributed by atoms with E-state index in [0.717, 1.165) is 17.6 Å². The van der Waals surface area contributed by atoms with E-state index in [2.05, 4.69) is 21.2 Å². The van der Waals surface area contributed by atoms with E-state index in [9.17, 15) is 4.79 Å². The van der Waals surface area contributed by atoms with Gasteiger partial charge < -0.3 is 19.5 Å². The molecule has 1 aliphatic rings. The molecule has 1 fully saturated rings. The lowest BCUT2D eigenvalue weighted by Gasteiger charge is -2.28. The summed E-state index contributed by atoms with van der Waals surface area (Å²) in [7, 11) is 3.67. The predicted molar refractivity (Wildman–Crippen MR) is 72.7 cm³/mol. The molecule has 1 amide bonds. The number of hydrogen-bond acceptors (Lipinski definition) is 3. The number of carbonyl (C=O) groups excluding carboxylic acids is 1. The first-order valence-corrected chi connectivity index (χ1v) is 6.77. The lowest BCUT2D eigenvalue weighted by molar-refractivity contribution is 0.0102. The van der Waals surface area contributed by atoms with E-state index in [-0.39, 0.29) is 12.0 Å². The number of nitrogens with zero attached hydrogens (tertiary/aromatic N) is 2. The number of halogens is 1. The van der Waals surface area contributed by atoms with Gasteiger partial charge in [-0.1, -0.05) is 0 Å². The minimum Gasteiger partial charge on any atom is -0.374 e. The zero-order valence-corrected chi connectivity index (χ0v) is 12.2. The first-order chi connectivity index (χ1) is 8.58. The van der Waals surface area contributed by atoms with Crippen LogP contribution >= 0.6 is 15.9 Å². The number of carbonyl (C=O) groups is 1. The first kappa shape index (κ1) is 13.6. The maximum absolute atomic E-state index is 12.3. The van der Waals surface area contributed by atoms with Crippen LogP contribution in [0, 0.1) is 0 Å². The van der Waals surface area contributed by atoms with Crippen LogP contribution in [0.1, 0.15) is 10.5 Å². The Morgan fingerprint density at radius 1 is 1.72 bits per heavy atom. The molecule has 0 bridgehead atoms. The minimum atomic E-state index is 0.0115. The molecular weight excluding hydrogens is 298 g/mol. The van der Waals surface area contributed by atoms with Gasteiger partial charge >= 0.3 is 0 Å². The number of nitrogens with one attached hydrogen (secondary N) is 1. The van der Waals surface area contributed by atoms with Crippen molar-refractivity contribution in [1.82, 2.24) is 14.8 Å². The number of likely N-dealkylation sites (N-methyl/N-ethyl adjacent to an activating group) is 1. The van der Waals surface area contributed by atoms with E-state index >= 15 is 0 Å². The third kappa shape index (κ3) is 3.13. The van der Waals surface area contributed by atoms with Crippen LogP contribution in [-0.2, 0) is 11.8 Å². The molecule has 1 aliphatic heterocycles. The molecule has 0 saturated carbocycles. The Balaban J connectivity index is 1.97. The molecule has 5 nitrogen and oxygen atoms in total. The highest BCUT2D eigenvalue weighted by atomic mass is 79.9. The summed E-state index contributed by atoms with van der Waals surface area (Å²) in [5.74, 6) is 0.0115. The van der Waals surface area contributed by atoms with Gasteiger partial charge in [0, 0.05) is 44.4 Å². The molecule has 2 heterocycles. The Kier molecular flexibility index (Phi) is 4.42. The molecule has 1 N–H and O–H groups in total. The van der Waals surface area contributed by atoms with Gasteiger partial charge in [-0.2, -0.15) is 0 Å². The Morgan fingerprint density at radius 3 is 3.06 bits per heavy atom. The molecule has 1 saturated heterocycles. The maximum Gasteiger partial charge on any atom is 0.270 e. The predicted octanol–water partition coefficient (Wildman–Crippen LogP) is 0.848. The monoisotopic (exact) mass is 315 g/mol. The third-order valence-electron chi connectivity index (χ3n) is 3.02. The molecule has 0 spiro atoms. The summed E-state index contributed by atoms with van der Waals surface area (Å²) in [4.78, 5) is 14.0. The van der Waals surface area contributed by atoms with Gasteiger partial charge in [0.25, 0.3) is 5.91 Å². The molecule has 0 aromatic carbocycles. The van der Waals surface area contributed by atoms with Crippen LogP contribution in [0.4, 0.5) is 0 Å². The van der Waals surface area contributed by atoms with Gasteiger partial charge in [0.05, 0.1) is 12.7 Å². The van der Waals surface area contributed by atoms with E-state index in [4.69, 9.17) is 4.74 Å². The Bertz CT molecular complexity index is 427. The second-order valence-corrected chi connectivity index (χ2v) is 5.45. The molecule has 1 unspecified atom stereocenters. The Morgan fingerprint density at radius 2 is 2.50 bits per heavy atom. The fraction of sp³-hybridized carbons (Fsp3) is 0.583. The number of ether oxygens (including phenoxy) is 1. The molecule has 1 aromatic rings. The van der Waals surface area contributed by atoms with Crippen LogP contribution in [0.25, 0.3) is 0 Å². The number of rotatable bonds is 3. The smallest absolute Gasteiger partial charge is 0.270 e. The number of aryl methyl sites for hydroxylation is 1. The van der Waals surface area contributed by atoms with Gasteiger partial charge in [-0.15, -0.1) is 0 Å². The van der Waals surface area contributed by atoms with Crippen LogP contribution in [0.3, 0.4) is 0 Å². The van der Waals surface area contributed by atoms with Gasteiger partial charge in [-0.3, -0.25) is 4.79 Å². The normalized spacial score (nSPS) is 19.8. The van der Waals surface area contributed by atoms with E-state index in [1.807, 2.05) is 23.9 Å². The molecule has 18 heavy (non-hydrogen) atoms. The summed E-state index contributed by atoms with van der Waals surface area (Å²) in [6.07, 6.45) is 1.95. The highest BCUT2D eigenvalue weighted by Crippen LogP contribution is 2.15. The van der Waals surface area contributed by atoms with E-state index < -0.39 is 0 Å². The number of morpholine rings is 1. The topological polar surface area (TPSA) is 46.5 Å². The van der Waals surface area contributed by atoms with Crippen molar-refractivity contribution in [3.63, 3.8) is 0 Å². The first-order valence-electron chi connectivity index (χ1n) is 5.97. The summed E-state index contributed by atoms with van der Waals surface area (Å²) in [5, 5.41) is 3.26. The molecule has 0 radical (unpaired) electrons. The quantitative estimate of drug-likeness (QED) is 0.899. The van der Waals surface area contributed by atoms with Crippen LogP contribution in [-0.4, -0.2) is 54.8 Å².